The van der Waals surface area contributed by atoms with Crippen molar-refractivity contribution >= 4 is 17.8 Å². The Kier molecular flexibility index (Phi) is 12.3. The summed E-state index contributed by atoms with van der Waals surface area (Å²) in [5.74, 6) is 1.30. The Morgan fingerprint density at radius 3 is 2.57 bits per heavy atom. The van der Waals surface area contributed by atoms with Crippen LogP contribution in [0.2, 0.25) is 0 Å². The number of carbonyl (C=O) groups is 3. The maximum absolute atomic E-state index is 12.8. The van der Waals surface area contributed by atoms with E-state index >= 15 is 0 Å². The number of methoxy groups -OCH3 is 1. The highest BCUT2D eigenvalue weighted by atomic mass is 16.6. The SMILES string of the molecule is COc1c(OC(=O)N(C)CCNC(=O)CCCCCN)ccc(C)c1C1CC(=O)CCC1[C@H](C)N(C)C. The molecule has 0 bridgehead atoms. The first-order valence-electron chi connectivity index (χ1n) is 13.4. The predicted octanol–water partition coefficient (Wildman–Crippen LogP) is 3.47. The van der Waals surface area contributed by atoms with Crippen molar-refractivity contribution < 1.29 is 23.9 Å². The lowest BCUT2D eigenvalue weighted by Gasteiger charge is -2.39. The zero-order valence-electron chi connectivity index (χ0n) is 23.5. The van der Waals surface area contributed by atoms with Gasteiger partial charge in [0.15, 0.2) is 11.5 Å². The third-order valence-electron chi connectivity index (χ3n) is 7.49. The van der Waals surface area contributed by atoms with Crippen molar-refractivity contribution in [3.8, 4) is 11.5 Å². The summed E-state index contributed by atoms with van der Waals surface area (Å²) in [6.07, 6.45) is 4.41. The smallest absolute Gasteiger partial charge is 0.415 e. The topological polar surface area (TPSA) is 114 Å². The average Bonchev–Trinajstić information content (AvgIpc) is 2.86. The lowest BCUT2D eigenvalue weighted by atomic mass is 9.70. The number of unbranched alkanes of at least 4 members (excludes halogenated alkanes) is 2. The van der Waals surface area contributed by atoms with E-state index in [9.17, 15) is 14.4 Å². The Labute approximate surface area is 222 Å². The number of aryl methyl sites for hydroxylation is 1. The Morgan fingerprint density at radius 1 is 1.19 bits per heavy atom. The molecule has 208 valence electrons. The van der Waals surface area contributed by atoms with Gasteiger partial charge in [0.05, 0.1) is 7.11 Å². The van der Waals surface area contributed by atoms with Crippen LogP contribution in [0.25, 0.3) is 0 Å². The Morgan fingerprint density at radius 2 is 1.92 bits per heavy atom. The minimum atomic E-state index is -0.539. The van der Waals surface area contributed by atoms with Crippen molar-refractivity contribution in [2.24, 2.45) is 11.7 Å². The number of ketones is 1. The van der Waals surface area contributed by atoms with Crippen LogP contribution in [0.5, 0.6) is 11.5 Å². The van der Waals surface area contributed by atoms with Crippen LogP contribution in [0.4, 0.5) is 4.79 Å². The lowest BCUT2D eigenvalue weighted by molar-refractivity contribution is -0.122. The second kappa shape index (κ2) is 14.9. The Balaban J connectivity index is 2.11. The number of nitrogens with one attached hydrogen (secondary N) is 1. The standard InChI is InChI=1S/C28H46N4O5/c1-19-11-14-24(37-28(35)32(5)17-16-30-25(34)10-8-7-9-15-29)27(36-6)26(19)23-18-21(33)12-13-22(23)20(2)31(3)4/h11,14,20,22-23H,7-10,12-13,15-18,29H2,1-6H3,(H,30,34)/t20-,22?,23?/m0/s1. The summed E-state index contributed by atoms with van der Waals surface area (Å²) in [4.78, 5) is 40.9. The molecule has 3 atom stereocenters. The molecule has 2 unspecified atom stereocenters. The van der Waals surface area contributed by atoms with Crippen molar-refractivity contribution in [1.82, 2.24) is 15.1 Å². The zero-order chi connectivity index (χ0) is 27.5. The summed E-state index contributed by atoms with van der Waals surface area (Å²) in [5.41, 5.74) is 7.42. The van der Waals surface area contributed by atoms with Gasteiger partial charge in [0.2, 0.25) is 5.91 Å². The molecule has 3 N–H and O–H groups in total. The maximum atomic E-state index is 12.8. The van der Waals surface area contributed by atoms with Crippen molar-refractivity contribution in [3.63, 3.8) is 0 Å². The first-order valence-corrected chi connectivity index (χ1v) is 13.4. The van der Waals surface area contributed by atoms with Gasteiger partial charge in [-0.05, 0) is 77.2 Å². The van der Waals surface area contributed by atoms with Crippen molar-refractivity contribution in [2.75, 3.05) is 47.9 Å². The average molecular weight is 519 g/mol. The van der Waals surface area contributed by atoms with Crippen LogP contribution in [0.3, 0.4) is 0 Å². The molecule has 37 heavy (non-hydrogen) atoms. The normalized spacial score (nSPS) is 18.4. The van der Waals surface area contributed by atoms with Gasteiger partial charge in [-0.3, -0.25) is 9.59 Å². The van der Waals surface area contributed by atoms with Crippen LogP contribution >= 0.6 is 0 Å². The summed E-state index contributed by atoms with van der Waals surface area (Å²) in [6, 6.07) is 3.93. The Hall–Kier alpha value is -2.65. The highest BCUT2D eigenvalue weighted by molar-refractivity contribution is 5.81. The molecule has 1 saturated carbocycles. The maximum Gasteiger partial charge on any atom is 0.415 e. The fourth-order valence-corrected chi connectivity index (χ4v) is 5.06. The van der Waals surface area contributed by atoms with E-state index in [0.717, 1.165) is 36.8 Å². The molecule has 1 aliphatic carbocycles. The molecule has 1 fully saturated rings. The van der Waals surface area contributed by atoms with Gasteiger partial charge in [-0.2, -0.15) is 0 Å². The third-order valence-corrected chi connectivity index (χ3v) is 7.49. The fraction of sp³-hybridized carbons (Fsp3) is 0.679. The van der Waals surface area contributed by atoms with E-state index in [2.05, 4.69) is 31.2 Å². The molecule has 2 rings (SSSR count). The number of hydrogen-bond donors (Lipinski definition) is 2. The van der Waals surface area contributed by atoms with E-state index < -0.39 is 6.09 Å². The van der Waals surface area contributed by atoms with Gasteiger partial charge in [0, 0.05) is 51.0 Å². The van der Waals surface area contributed by atoms with E-state index in [-0.39, 0.29) is 29.6 Å². The molecule has 0 aliphatic heterocycles. The molecule has 0 saturated heterocycles. The van der Waals surface area contributed by atoms with E-state index in [1.807, 2.05) is 13.0 Å². The van der Waals surface area contributed by atoms with Gasteiger partial charge in [0.1, 0.15) is 5.78 Å². The first-order chi connectivity index (χ1) is 17.6. The van der Waals surface area contributed by atoms with Crippen molar-refractivity contribution in [1.29, 1.82) is 0 Å². The number of hydrogen-bond acceptors (Lipinski definition) is 7. The number of amides is 2. The van der Waals surface area contributed by atoms with Gasteiger partial charge in [-0.1, -0.05) is 12.5 Å². The second-order valence-corrected chi connectivity index (χ2v) is 10.3. The number of Topliss-reactive ketones (excluding diaryl/α,β-unsaturated/α-hetero) is 1. The minimum Gasteiger partial charge on any atom is -0.493 e. The minimum absolute atomic E-state index is 0.0231. The number of likely N-dealkylation sites (N-methyl/N-ethyl adjacent to an activating group) is 1. The van der Waals surface area contributed by atoms with Crippen LogP contribution in [-0.4, -0.2) is 81.5 Å². The number of benzene rings is 1. The monoisotopic (exact) mass is 518 g/mol. The van der Waals surface area contributed by atoms with Crippen LogP contribution in [0, 0.1) is 12.8 Å². The third kappa shape index (κ3) is 8.71. The van der Waals surface area contributed by atoms with Crippen LogP contribution < -0.4 is 20.5 Å². The summed E-state index contributed by atoms with van der Waals surface area (Å²) >= 11 is 0. The molecular weight excluding hydrogens is 472 g/mol. The van der Waals surface area contributed by atoms with Gasteiger partial charge < -0.3 is 30.3 Å². The second-order valence-electron chi connectivity index (χ2n) is 10.3. The molecule has 0 spiro atoms. The highest BCUT2D eigenvalue weighted by Gasteiger charge is 2.38. The molecular formula is C28H46N4O5. The summed E-state index contributed by atoms with van der Waals surface area (Å²) < 4.78 is 11.5. The largest absolute Gasteiger partial charge is 0.493 e. The molecule has 1 aromatic carbocycles. The van der Waals surface area contributed by atoms with Gasteiger partial charge >= 0.3 is 6.09 Å². The van der Waals surface area contributed by atoms with Crippen LogP contribution in [0.1, 0.15) is 68.9 Å². The summed E-state index contributed by atoms with van der Waals surface area (Å²) in [5, 5.41) is 2.84. The Bertz CT molecular complexity index is 920. The first kappa shape index (κ1) is 30.6. The van der Waals surface area contributed by atoms with Gasteiger partial charge in [-0.25, -0.2) is 4.79 Å². The van der Waals surface area contributed by atoms with E-state index in [0.29, 0.717) is 50.4 Å². The van der Waals surface area contributed by atoms with Gasteiger partial charge in [0.25, 0.3) is 0 Å². The quantitative estimate of drug-likeness (QED) is 0.384. The molecule has 2 amide bonds. The summed E-state index contributed by atoms with van der Waals surface area (Å²) in [6.45, 7) is 5.48. The molecule has 0 radical (unpaired) electrons. The van der Waals surface area contributed by atoms with Crippen LogP contribution in [-0.2, 0) is 9.59 Å². The molecule has 9 heteroatoms. The molecule has 0 aromatic heterocycles. The predicted molar refractivity (Wildman–Crippen MR) is 145 cm³/mol. The lowest BCUT2D eigenvalue weighted by Crippen LogP contribution is -2.39. The molecule has 1 aromatic rings. The molecule has 9 nitrogen and oxygen atoms in total. The summed E-state index contributed by atoms with van der Waals surface area (Å²) in [7, 11) is 7.31. The number of nitrogens with two attached hydrogens (primary N) is 1. The van der Waals surface area contributed by atoms with E-state index in [1.54, 1.807) is 20.2 Å². The number of ether oxygens (including phenoxy) is 2. The van der Waals surface area contributed by atoms with E-state index in [1.165, 1.54) is 4.90 Å². The fourth-order valence-electron chi connectivity index (χ4n) is 5.06. The van der Waals surface area contributed by atoms with Crippen molar-refractivity contribution in [2.45, 2.75) is 70.8 Å². The van der Waals surface area contributed by atoms with Crippen LogP contribution in [0.15, 0.2) is 12.1 Å². The number of rotatable bonds is 13. The number of nitrogens with zero attached hydrogens (tertiary/aromatic N) is 2. The van der Waals surface area contributed by atoms with E-state index in [4.69, 9.17) is 15.2 Å². The highest BCUT2D eigenvalue weighted by Crippen LogP contribution is 2.47. The molecule has 0 heterocycles. The number of carbonyl (C=O) groups excluding carboxylic acids is 3. The van der Waals surface area contributed by atoms with Gasteiger partial charge in [-0.15, -0.1) is 0 Å². The van der Waals surface area contributed by atoms with Crippen molar-refractivity contribution in [3.05, 3.63) is 23.3 Å². The zero-order valence-corrected chi connectivity index (χ0v) is 23.5. The molecule has 1 aliphatic rings.